The lowest BCUT2D eigenvalue weighted by Gasteiger charge is -2.38. The number of carbonyl (C=O) groups is 2. The molecule has 148 valence electrons. The van der Waals surface area contributed by atoms with E-state index < -0.39 is 17.6 Å². The van der Waals surface area contributed by atoms with Gasteiger partial charge in [-0.3, -0.25) is 14.5 Å². The number of hydrogen-bond donors (Lipinski definition) is 0. The molecular weight excluding hydrogens is 338 g/mol. The number of unbranched alkanes of at least 4 members (excludes halogenated alkanes) is 1. The SMILES string of the molecule is CCCCOC[C@H]1O[C@@](C)(N(/C=C\C(C)=O)C(C)=O)[C@@H]2OC(C)(C)O[C@@H]21. The Kier molecular flexibility index (Phi) is 6.60. The van der Waals surface area contributed by atoms with Crippen molar-refractivity contribution >= 4 is 11.7 Å². The van der Waals surface area contributed by atoms with Crippen LogP contribution in [0.5, 0.6) is 0 Å². The summed E-state index contributed by atoms with van der Waals surface area (Å²) in [6.45, 7) is 11.4. The second-order valence-electron chi connectivity index (χ2n) is 7.48. The fraction of sp³-hybridized carbons (Fsp3) is 0.789. The fourth-order valence-electron chi connectivity index (χ4n) is 3.43. The minimum absolute atomic E-state index is 0.155. The first kappa shape index (κ1) is 21.0. The fourth-order valence-corrected chi connectivity index (χ4v) is 3.43. The molecular formula is C19H31NO6. The molecule has 2 fully saturated rings. The number of fused-ring (bicyclic) bond motifs is 1. The molecule has 26 heavy (non-hydrogen) atoms. The van der Waals surface area contributed by atoms with Gasteiger partial charge < -0.3 is 18.9 Å². The summed E-state index contributed by atoms with van der Waals surface area (Å²) in [7, 11) is 0. The Hall–Kier alpha value is -1.28. The zero-order valence-electron chi connectivity index (χ0n) is 16.6. The van der Waals surface area contributed by atoms with E-state index in [1.54, 1.807) is 6.92 Å². The van der Waals surface area contributed by atoms with Crippen molar-refractivity contribution in [3.63, 3.8) is 0 Å². The van der Waals surface area contributed by atoms with Crippen LogP contribution in [-0.4, -0.2) is 59.6 Å². The van der Waals surface area contributed by atoms with Gasteiger partial charge in [-0.1, -0.05) is 13.3 Å². The van der Waals surface area contributed by atoms with Crippen LogP contribution in [0.3, 0.4) is 0 Å². The molecule has 4 atom stereocenters. The second kappa shape index (κ2) is 8.17. The predicted molar refractivity (Wildman–Crippen MR) is 95.2 cm³/mol. The summed E-state index contributed by atoms with van der Waals surface area (Å²) < 4.78 is 24.0. The molecule has 0 aromatic heterocycles. The van der Waals surface area contributed by atoms with E-state index in [2.05, 4.69) is 6.92 Å². The standard InChI is InChI=1S/C19H31NO6/c1-7-8-11-23-12-15-16-17(26-18(4,5)25-16)19(6,24-15)20(14(3)22)10-9-13(2)21/h9-10,15-17H,7-8,11-12H2,1-6H3/b10-9-/t15-,16-,17-,19-/m1/s1. The van der Waals surface area contributed by atoms with Crippen molar-refractivity contribution < 1.29 is 28.5 Å². The molecule has 0 aromatic rings. The minimum Gasteiger partial charge on any atom is -0.379 e. The second-order valence-corrected chi connectivity index (χ2v) is 7.48. The number of amides is 1. The molecule has 2 heterocycles. The van der Waals surface area contributed by atoms with Gasteiger partial charge in [0.05, 0.1) is 6.61 Å². The van der Waals surface area contributed by atoms with E-state index in [4.69, 9.17) is 18.9 Å². The van der Waals surface area contributed by atoms with Crippen molar-refractivity contribution in [1.82, 2.24) is 4.90 Å². The topological polar surface area (TPSA) is 74.3 Å². The maximum atomic E-state index is 12.3. The molecule has 0 bridgehead atoms. The van der Waals surface area contributed by atoms with Gasteiger partial charge in [0.1, 0.15) is 18.3 Å². The molecule has 0 aliphatic carbocycles. The Balaban J connectivity index is 2.25. The lowest BCUT2D eigenvalue weighted by molar-refractivity contribution is -0.236. The summed E-state index contributed by atoms with van der Waals surface area (Å²) in [6, 6.07) is 0. The Labute approximate surface area is 155 Å². The Bertz CT molecular complexity index is 560. The lowest BCUT2D eigenvalue weighted by atomic mass is 10.0. The molecule has 2 rings (SSSR count). The zero-order valence-corrected chi connectivity index (χ0v) is 16.6. The maximum absolute atomic E-state index is 12.3. The van der Waals surface area contributed by atoms with Gasteiger partial charge >= 0.3 is 0 Å². The quantitative estimate of drug-likeness (QED) is 0.483. The van der Waals surface area contributed by atoms with Gasteiger partial charge in [0.15, 0.2) is 17.3 Å². The van der Waals surface area contributed by atoms with Gasteiger partial charge in [0, 0.05) is 19.7 Å². The first-order valence-electron chi connectivity index (χ1n) is 9.20. The Morgan fingerprint density at radius 3 is 2.42 bits per heavy atom. The molecule has 0 N–H and O–H groups in total. The van der Waals surface area contributed by atoms with Crippen LogP contribution in [0.4, 0.5) is 0 Å². The highest BCUT2D eigenvalue weighted by Crippen LogP contribution is 2.45. The number of allylic oxidation sites excluding steroid dienone is 1. The first-order chi connectivity index (χ1) is 12.1. The number of rotatable bonds is 8. The largest absolute Gasteiger partial charge is 0.379 e. The molecule has 0 spiro atoms. The number of ketones is 1. The molecule has 7 nitrogen and oxygen atoms in total. The van der Waals surface area contributed by atoms with E-state index >= 15 is 0 Å². The molecule has 7 heteroatoms. The van der Waals surface area contributed by atoms with Crippen LogP contribution in [0.1, 0.15) is 54.4 Å². The van der Waals surface area contributed by atoms with Crippen molar-refractivity contribution in [1.29, 1.82) is 0 Å². The van der Waals surface area contributed by atoms with Crippen LogP contribution in [0.25, 0.3) is 0 Å². The van der Waals surface area contributed by atoms with Crippen LogP contribution in [0.15, 0.2) is 12.3 Å². The van der Waals surface area contributed by atoms with E-state index in [1.165, 1.54) is 31.0 Å². The highest BCUT2D eigenvalue weighted by molar-refractivity contribution is 5.88. The Morgan fingerprint density at radius 2 is 1.85 bits per heavy atom. The third-order valence-electron chi connectivity index (χ3n) is 4.61. The maximum Gasteiger partial charge on any atom is 0.225 e. The highest BCUT2D eigenvalue weighted by atomic mass is 16.8. The average Bonchev–Trinajstić information content (AvgIpc) is 2.97. The number of carbonyl (C=O) groups excluding carboxylic acids is 2. The third kappa shape index (κ3) is 4.52. The van der Waals surface area contributed by atoms with Crippen LogP contribution < -0.4 is 0 Å². The van der Waals surface area contributed by atoms with Crippen molar-refractivity contribution in [3.05, 3.63) is 12.3 Å². The number of nitrogens with zero attached hydrogens (tertiary/aromatic N) is 1. The Morgan fingerprint density at radius 1 is 1.15 bits per heavy atom. The summed E-state index contributed by atoms with van der Waals surface area (Å²) in [4.78, 5) is 25.0. The van der Waals surface area contributed by atoms with Gasteiger partial charge in [-0.25, -0.2) is 0 Å². The van der Waals surface area contributed by atoms with Crippen molar-refractivity contribution in [2.24, 2.45) is 0 Å². The molecule has 2 aliphatic rings. The third-order valence-corrected chi connectivity index (χ3v) is 4.61. The van der Waals surface area contributed by atoms with Gasteiger partial charge in [-0.15, -0.1) is 0 Å². The van der Waals surface area contributed by atoms with Crippen molar-refractivity contribution in [3.8, 4) is 0 Å². The summed E-state index contributed by atoms with van der Waals surface area (Å²) in [5.41, 5.74) is -1.09. The minimum atomic E-state index is -1.09. The predicted octanol–water partition coefficient (Wildman–Crippen LogP) is 2.39. The molecule has 0 aromatic carbocycles. The van der Waals surface area contributed by atoms with E-state index in [0.29, 0.717) is 13.2 Å². The first-order valence-corrected chi connectivity index (χ1v) is 9.20. The van der Waals surface area contributed by atoms with Gasteiger partial charge in [-0.2, -0.15) is 0 Å². The number of ether oxygens (including phenoxy) is 4. The van der Waals surface area contributed by atoms with Gasteiger partial charge in [0.2, 0.25) is 5.91 Å². The van der Waals surface area contributed by atoms with Crippen LogP contribution in [0, 0.1) is 0 Å². The molecule has 1 amide bonds. The van der Waals surface area contributed by atoms with Crippen LogP contribution in [0.2, 0.25) is 0 Å². The molecule has 0 saturated carbocycles. The number of hydrogen-bond acceptors (Lipinski definition) is 6. The average molecular weight is 369 g/mol. The van der Waals surface area contributed by atoms with Gasteiger partial charge in [0.25, 0.3) is 0 Å². The summed E-state index contributed by atoms with van der Waals surface area (Å²) in [5.74, 6) is -1.18. The van der Waals surface area contributed by atoms with Crippen molar-refractivity contribution in [2.75, 3.05) is 13.2 Å². The monoisotopic (exact) mass is 369 g/mol. The molecule has 2 aliphatic heterocycles. The summed E-state index contributed by atoms with van der Waals surface area (Å²) in [5, 5.41) is 0. The van der Waals surface area contributed by atoms with E-state index in [1.807, 2.05) is 13.8 Å². The van der Waals surface area contributed by atoms with Gasteiger partial charge in [-0.05, 0) is 40.2 Å². The summed E-state index contributed by atoms with van der Waals surface area (Å²) in [6.07, 6.45) is 3.61. The zero-order chi connectivity index (χ0) is 19.5. The normalized spacial score (nSPS) is 32.8. The van der Waals surface area contributed by atoms with E-state index in [9.17, 15) is 9.59 Å². The molecule has 0 unspecified atom stereocenters. The smallest absolute Gasteiger partial charge is 0.225 e. The van der Waals surface area contributed by atoms with Crippen LogP contribution in [-0.2, 0) is 28.5 Å². The lowest BCUT2D eigenvalue weighted by Crippen LogP contribution is -2.54. The van der Waals surface area contributed by atoms with Crippen LogP contribution >= 0.6 is 0 Å². The molecule has 0 radical (unpaired) electrons. The van der Waals surface area contributed by atoms with E-state index in [0.717, 1.165) is 12.8 Å². The molecule has 2 saturated heterocycles. The highest BCUT2D eigenvalue weighted by Gasteiger charge is 2.63. The summed E-state index contributed by atoms with van der Waals surface area (Å²) >= 11 is 0. The van der Waals surface area contributed by atoms with Crippen molar-refractivity contribution in [2.45, 2.75) is 84.2 Å². The van der Waals surface area contributed by atoms with E-state index in [-0.39, 0.29) is 23.9 Å².